The van der Waals surface area contributed by atoms with Crippen molar-refractivity contribution in [3.05, 3.63) is 88.8 Å². The number of alkyl halides is 3. The van der Waals surface area contributed by atoms with Crippen LogP contribution in [0.25, 0.3) is 5.69 Å². The molecule has 0 saturated carbocycles. The van der Waals surface area contributed by atoms with E-state index in [0.29, 0.717) is 43.9 Å². The minimum absolute atomic E-state index is 0.200. The van der Waals surface area contributed by atoms with Gasteiger partial charge in [-0.3, -0.25) is 10.1 Å². The standard InChI is InChI=1S/C33H37F3N6O3/c1-20-9-11-25(12-10-20)42-27(19-26(40-42)32(3,4)5)39-31(44)38-24-8-6-7-23(18-24)17-22-13-15-41(16-14-22)30(43)28-29(33(34,35)36)45-21(2)37-28/h6-12,18-19,22H,13-17H2,1-5H3,(H2,38,39,44). The summed E-state index contributed by atoms with van der Waals surface area (Å²) in [5.41, 5.74) is 3.51. The average molecular weight is 623 g/mol. The number of hydrogen-bond acceptors (Lipinski definition) is 5. The Morgan fingerprint density at radius 1 is 0.978 bits per heavy atom. The Morgan fingerprint density at radius 2 is 1.67 bits per heavy atom. The number of aryl methyl sites for hydroxylation is 2. The maximum atomic E-state index is 13.3. The van der Waals surface area contributed by atoms with Crippen molar-refractivity contribution < 1.29 is 27.2 Å². The van der Waals surface area contributed by atoms with Crippen LogP contribution in [0.4, 0.5) is 29.5 Å². The molecule has 0 unspecified atom stereocenters. The topological polar surface area (TPSA) is 105 Å². The molecular formula is C33H37F3N6O3. The zero-order valence-electron chi connectivity index (χ0n) is 26.0. The van der Waals surface area contributed by atoms with Gasteiger partial charge in [-0.05, 0) is 61.9 Å². The Bertz CT molecular complexity index is 1680. The number of rotatable bonds is 6. The van der Waals surface area contributed by atoms with E-state index in [-0.39, 0.29) is 17.2 Å². The highest BCUT2D eigenvalue weighted by atomic mass is 19.4. The third kappa shape index (κ3) is 7.55. The monoisotopic (exact) mass is 622 g/mol. The highest BCUT2D eigenvalue weighted by Gasteiger charge is 2.42. The molecule has 0 aliphatic carbocycles. The van der Waals surface area contributed by atoms with E-state index < -0.39 is 29.6 Å². The lowest BCUT2D eigenvalue weighted by Gasteiger charge is -2.31. The highest BCUT2D eigenvalue weighted by Crippen LogP contribution is 2.34. The Hall–Kier alpha value is -4.61. The van der Waals surface area contributed by atoms with Gasteiger partial charge in [0, 0.05) is 37.2 Å². The van der Waals surface area contributed by atoms with Gasteiger partial charge in [-0.2, -0.15) is 18.3 Å². The molecule has 2 N–H and O–H groups in total. The van der Waals surface area contributed by atoms with Crippen LogP contribution in [-0.4, -0.2) is 44.7 Å². The number of benzene rings is 2. The third-order valence-corrected chi connectivity index (χ3v) is 7.80. The molecule has 2 aromatic heterocycles. The Balaban J connectivity index is 1.20. The van der Waals surface area contributed by atoms with Crippen molar-refractivity contribution in [1.29, 1.82) is 0 Å². The number of halogens is 3. The second kappa shape index (κ2) is 12.4. The molecule has 2 aromatic carbocycles. The number of piperidine rings is 1. The number of carbonyl (C=O) groups excluding carboxylic acids is 2. The molecule has 1 aliphatic heterocycles. The molecule has 1 saturated heterocycles. The number of aromatic nitrogens is 3. The van der Waals surface area contributed by atoms with E-state index in [9.17, 15) is 22.8 Å². The Kier molecular flexibility index (Phi) is 8.77. The molecule has 3 heterocycles. The van der Waals surface area contributed by atoms with Crippen LogP contribution in [0.3, 0.4) is 0 Å². The summed E-state index contributed by atoms with van der Waals surface area (Å²) in [6, 6.07) is 16.9. The molecule has 12 heteroatoms. The Morgan fingerprint density at radius 3 is 2.31 bits per heavy atom. The van der Waals surface area contributed by atoms with Gasteiger partial charge in [0.2, 0.25) is 5.76 Å². The normalized spacial score (nSPS) is 14.4. The third-order valence-electron chi connectivity index (χ3n) is 7.80. The Labute approximate surface area is 259 Å². The molecule has 1 aliphatic rings. The molecule has 3 amide bonds. The first-order valence-corrected chi connectivity index (χ1v) is 14.9. The predicted molar refractivity (Wildman–Crippen MR) is 165 cm³/mol. The number of nitrogens with zero attached hydrogens (tertiary/aromatic N) is 4. The molecule has 4 aromatic rings. The van der Waals surface area contributed by atoms with Crippen LogP contribution < -0.4 is 10.6 Å². The van der Waals surface area contributed by atoms with Crippen LogP contribution in [0.15, 0.2) is 59.0 Å². The van der Waals surface area contributed by atoms with Crippen LogP contribution in [0.5, 0.6) is 0 Å². The van der Waals surface area contributed by atoms with Crippen molar-refractivity contribution in [1.82, 2.24) is 19.7 Å². The van der Waals surface area contributed by atoms with Crippen molar-refractivity contribution in [2.24, 2.45) is 5.92 Å². The minimum atomic E-state index is -4.79. The van der Waals surface area contributed by atoms with Crippen molar-refractivity contribution in [2.45, 2.75) is 65.5 Å². The molecule has 0 bridgehead atoms. The quantitative estimate of drug-likeness (QED) is 0.231. The fraction of sp³-hybridized carbons (Fsp3) is 0.394. The van der Waals surface area contributed by atoms with Crippen LogP contribution in [-0.2, 0) is 18.0 Å². The molecule has 0 radical (unpaired) electrons. The molecule has 238 valence electrons. The second-order valence-corrected chi connectivity index (χ2v) is 12.5. The van der Waals surface area contributed by atoms with E-state index in [1.165, 1.54) is 11.8 Å². The van der Waals surface area contributed by atoms with Crippen LogP contribution in [0.1, 0.15) is 72.6 Å². The molecular weight excluding hydrogens is 585 g/mol. The summed E-state index contributed by atoms with van der Waals surface area (Å²) >= 11 is 0. The van der Waals surface area contributed by atoms with Gasteiger partial charge in [-0.15, -0.1) is 0 Å². The van der Waals surface area contributed by atoms with Gasteiger partial charge in [0.1, 0.15) is 5.82 Å². The maximum Gasteiger partial charge on any atom is 0.452 e. The highest BCUT2D eigenvalue weighted by molar-refractivity contribution is 5.99. The number of nitrogens with one attached hydrogen (secondary N) is 2. The van der Waals surface area contributed by atoms with Crippen molar-refractivity contribution in [3.8, 4) is 5.69 Å². The summed E-state index contributed by atoms with van der Waals surface area (Å²) in [6.07, 6.45) is -2.84. The van der Waals surface area contributed by atoms with Gasteiger partial charge < -0.3 is 14.6 Å². The average Bonchev–Trinajstić information content (AvgIpc) is 3.58. The van der Waals surface area contributed by atoms with Crippen LogP contribution in [0, 0.1) is 19.8 Å². The van der Waals surface area contributed by atoms with E-state index >= 15 is 0 Å². The lowest BCUT2D eigenvalue weighted by Crippen LogP contribution is -2.39. The molecule has 0 atom stereocenters. The fourth-order valence-corrected chi connectivity index (χ4v) is 5.36. The van der Waals surface area contributed by atoms with Gasteiger partial charge >= 0.3 is 12.2 Å². The molecule has 5 rings (SSSR count). The van der Waals surface area contributed by atoms with Crippen molar-refractivity contribution in [2.75, 3.05) is 23.7 Å². The summed E-state index contributed by atoms with van der Waals surface area (Å²) in [5, 5.41) is 10.6. The van der Waals surface area contributed by atoms with E-state index in [4.69, 9.17) is 5.10 Å². The summed E-state index contributed by atoms with van der Waals surface area (Å²) in [4.78, 5) is 31.1. The van der Waals surface area contributed by atoms with Crippen LogP contribution >= 0.6 is 0 Å². The van der Waals surface area contributed by atoms with E-state index in [0.717, 1.165) is 22.5 Å². The second-order valence-electron chi connectivity index (χ2n) is 12.5. The lowest BCUT2D eigenvalue weighted by atomic mass is 9.90. The van der Waals surface area contributed by atoms with E-state index in [2.05, 4.69) is 40.8 Å². The molecule has 1 fully saturated rings. The number of oxazole rings is 1. The minimum Gasteiger partial charge on any atom is -0.436 e. The lowest BCUT2D eigenvalue weighted by molar-refractivity contribution is -0.153. The predicted octanol–water partition coefficient (Wildman–Crippen LogP) is 7.53. The van der Waals surface area contributed by atoms with Gasteiger partial charge in [0.25, 0.3) is 5.91 Å². The van der Waals surface area contributed by atoms with E-state index in [1.807, 2.05) is 55.5 Å². The summed E-state index contributed by atoms with van der Waals surface area (Å²) in [5.74, 6) is -1.56. The SMILES string of the molecule is Cc1ccc(-n2nc(C(C)(C)C)cc2NC(=O)Nc2cccc(CC3CCN(C(=O)c4nc(C)oc4C(F)(F)F)CC3)c2)cc1. The summed E-state index contributed by atoms with van der Waals surface area (Å²) < 4.78 is 46.4. The summed E-state index contributed by atoms with van der Waals surface area (Å²) in [6.45, 7) is 10.1. The largest absolute Gasteiger partial charge is 0.452 e. The first kappa shape index (κ1) is 31.8. The zero-order valence-corrected chi connectivity index (χ0v) is 26.0. The van der Waals surface area contributed by atoms with Crippen molar-refractivity contribution in [3.63, 3.8) is 0 Å². The van der Waals surface area contributed by atoms with Gasteiger partial charge in [-0.1, -0.05) is 50.6 Å². The molecule has 0 spiro atoms. The van der Waals surface area contributed by atoms with Crippen molar-refractivity contribution >= 4 is 23.4 Å². The number of likely N-dealkylation sites (tertiary alicyclic amines) is 1. The number of amides is 3. The van der Waals surface area contributed by atoms with Gasteiger partial charge in [-0.25, -0.2) is 14.5 Å². The summed E-state index contributed by atoms with van der Waals surface area (Å²) in [7, 11) is 0. The fourth-order valence-electron chi connectivity index (χ4n) is 5.36. The van der Waals surface area contributed by atoms with Gasteiger partial charge in [0.05, 0.1) is 11.4 Å². The van der Waals surface area contributed by atoms with Gasteiger partial charge in [0.15, 0.2) is 11.6 Å². The molecule has 45 heavy (non-hydrogen) atoms. The smallest absolute Gasteiger partial charge is 0.436 e. The number of carbonyl (C=O) groups is 2. The first-order chi connectivity index (χ1) is 21.2. The zero-order chi connectivity index (χ0) is 32.5. The number of hydrogen-bond donors (Lipinski definition) is 2. The maximum absolute atomic E-state index is 13.3. The first-order valence-electron chi connectivity index (χ1n) is 14.9. The number of urea groups is 1. The van der Waals surface area contributed by atoms with E-state index in [1.54, 1.807) is 10.7 Å². The van der Waals surface area contributed by atoms with Crippen LogP contribution in [0.2, 0.25) is 0 Å². The molecule has 9 nitrogen and oxygen atoms in total. The number of anilines is 2.